The lowest BCUT2D eigenvalue weighted by Crippen LogP contribution is -2.38. The molecular formula is C16H23N3O2. The first-order valence-electron chi connectivity index (χ1n) is 7.84. The maximum Gasteiger partial charge on any atom is 0.273 e. The average Bonchev–Trinajstić information content (AvgIpc) is 2.95. The summed E-state index contributed by atoms with van der Waals surface area (Å²) in [5.41, 5.74) is 2.52. The molecule has 0 unspecified atom stereocenters. The molecule has 2 fully saturated rings. The van der Waals surface area contributed by atoms with E-state index in [0.717, 1.165) is 24.5 Å². The highest BCUT2D eigenvalue weighted by atomic mass is 16.6. The topological polar surface area (TPSA) is 58.4 Å². The fraction of sp³-hybridized carbons (Fsp3) is 0.625. The van der Waals surface area contributed by atoms with Crippen LogP contribution in [0.3, 0.4) is 0 Å². The van der Waals surface area contributed by atoms with Gasteiger partial charge >= 0.3 is 0 Å². The van der Waals surface area contributed by atoms with Gasteiger partial charge < -0.3 is 10.2 Å². The van der Waals surface area contributed by atoms with Crippen LogP contribution in [0, 0.1) is 15.5 Å². The Morgan fingerprint density at radius 3 is 2.38 bits per heavy atom. The fourth-order valence-electron chi connectivity index (χ4n) is 3.89. The van der Waals surface area contributed by atoms with Gasteiger partial charge in [0.25, 0.3) is 5.69 Å². The van der Waals surface area contributed by atoms with Crippen molar-refractivity contribution in [2.24, 2.45) is 5.41 Å². The number of nitrogens with zero attached hydrogens (tertiary/aromatic N) is 2. The Bertz CT molecular complexity index is 528. The summed E-state index contributed by atoms with van der Waals surface area (Å²) in [7, 11) is 1.80. The third kappa shape index (κ3) is 2.82. The molecule has 5 heteroatoms. The molecule has 1 saturated heterocycles. The predicted molar refractivity (Wildman–Crippen MR) is 85.0 cm³/mol. The van der Waals surface area contributed by atoms with Crippen LogP contribution in [-0.4, -0.2) is 25.1 Å². The minimum Gasteiger partial charge on any atom is -0.388 e. The van der Waals surface area contributed by atoms with Gasteiger partial charge in [0.05, 0.1) is 4.92 Å². The number of piperidine rings is 1. The summed E-state index contributed by atoms with van der Waals surface area (Å²) in [6.07, 6.45) is 7.95. The van der Waals surface area contributed by atoms with Crippen LogP contribution in [0.5, 0.6) is 0 Å². The van der Waals surface area contributed by atoms with Crippen LogP contribution in [0.25, 0.3) is 0 Å². The van der Waals surface area contributed by atoms with E-state index in [4.69, 9.17) is 0 Å². The first-order chi connectivity index (χ1) is 10.1. The van der Waals surface area contributed by atoms with Crippen molar-refractivity contribution in [3.8, 4) is 0 Å². The second-order valence-electron chi connectivity index (χ2n) is 6.44. The number of benzene rings is 1. The van der Waals surface area contributed by atoms with E-state index < -0.39 is 0 Å². The van der Waals surface area contributed by atoms with Crippen molar-refractivity contribution in [3.63, 3.8) is 0 Å². The summed E-state index contributed by atoms with van der Waals surface area (Å²) in [6.45, 7) is 2.04. The first-order valence-corrected chi connectivity index (χ1v) is 7.84. The fourth-order valence-corrected chi connectivity index (χ4v) is 3.89. The molecule has 114 valence electrons. The molecule has 0 bridgehead atoms. The van der Waals surface area contributed by atoms with Crippen molar-refractivity contribution in [1.29, 1.82) is 0 Å². The van der Waals surface area contributed by atoms with Crippen molar-refractivity contribution in [2.75, 3.05) is 30.4 Å². The minimum atomic E-state index is -0.313. The van der Waals surface area contributed by atoms with Crippen LogP contribution in [0.15, 0.2) is 18.2 Å². The Balaban J connectivity index is 1.78. The molecule has 5 nitrogen and oxygen atoms in total. The Morgan fingerprint density at radius 2 is 1.81 bits per heavy atom. The molecule has 0 radical (unpaired) electrons. The first kappa shape index (κ1) is 14.2. The van der Waals surface area contributed by atoms with E-state index in [1.165, 1.54) is 38.5 Å². The molecule has 1 N–H and O–H groups in total. The van der Waals surface area contributed by atoms with E-state index in [1.54, 1.807) is 19.2 Å². The smallest absolute Gasteiger partial charge is 0.273 e. The summed E-state index contributed by atoms with van der Waals surface area (Å²) in [4.78, 5) is 13.1. The lowest BCUT2D eigenvalue weighted by atomic mass is 9.77. The molecule has 2 aliphatic rings. The Morgan fingerprint density at radius 1 is 1.14 bits per heavy atom. The van der Waals surface area contributed by atoms with Crippen molar-refractivity contribution in [3.05, 3.63) is 28.3 Å². The largest absolute Gasteiger partial charge is 0.388 e. The van der Waals surface area contributed by atoms with Crippen LogP contribution in [0.1, 0.15) is 38.5 Å². The van der Waals surface area contributed by atoms with Gasteiger partial charge in [-0.25, -0.2) is 0 Å². The second-order valence-corrected chi connectivity index (χ2v) is 6.44. The van der Waals surface area contributed by atoms with Crippen LogP contribution in [-0.2, 0) is 0 Å². The molecule has 0 amide bonds. The maximum absolute atomic E-state index is 11.1. The van der Waals surface area contributed by atoms with E-state index in [9.17, 15) is 10.1 Å². The van der Waals surface area contributed by atoms with E-state index in [0.29, 0.717) is 5.41 Å². The van der Waals surface area contributed by atoms with Crippen molar-refractivity contribution in [1.82, 2.24) is 0 Å². The summed E-state index contributed by atoms with van der Waals surface area (Å²) in [5, 5.41) is 14.1. The van der Waals surface area contributed by atoms with E-state index in [-0.39, 0.29) is 10.6 Å². The number of non-ortho nitro benzene ring substituents is 1. The number of nitrogens with one attached hydrogen (secondary N) is 1. The molecule has 1 aromatic carbocycles. The van der Waals surface area contributed by atoms with E-state index in [2.05, 4.69) is 10.2 Å². The van der Waals surface area contributed by atoms with Gasteiger partial charge in [-0.3, -0.25) is 10.1 Å². The normalized spacial score (nSPS) is 20.7. The van der Waals surface area contributed by atoms with Gasteiger partial charge in [0.1, 0.15) is 0 Å². The number of hydrogen-bond donors (Lipinski definition) is 1. The maximum atomic E-state index is 11.1. The zero-order valence-corrected chi connectivity index (χ0v) is 12.6. The van der Waals surface area contributed by atoms with Gasteiger partial charge in [0, 0.05) is 43.6 Å². The van der Waals surface area contributed by atoms with E-state index >= 15 is 0 Å². The van der Waals surface area contributed by atoms with Gasteiger partial charge in [0.2, 0.25) is 0 Å². The van der Waals surface area contributed by atoms with Gasteiger partial charge in [-0.1, -0.05) is 12.8 Å². The Hall–Kier alpha value is -1.78. The highest BCUT2D eigenvalue weighted by Crippen LogP contribution is 2.46. The average molecular weight is 289 g/mol. The highest BCUT2D eigenvalue weighted by Gasteiger charge is 2.37. The molecule has 1 aromatic rings. The third-order valence-corrected chi connectivity index (χ3v) is 5.26. The molecule has 0 atom stereocenters. The highest BCUT2D eigenvalue weighted by molar-refractivity contribution is 5.64. The summed E-state index contributed by atoms with van der Waals surface area (Å²) in [5.74, 6) is 0. The number of anilines is 2. The number of rotatable bonds is 3. The van der Waals surface area contributed by atoms with Crippen LogP contribution >= 0.6 is 0 Å². The quantitative estimate of drug-likeness (QED) is 0.679. The van der Waals surface area contributed by atoms with Crippen molar-refractivity contribution >= 4 is 17.1 Å². The standard InChI is InChI=1S/C16H23N3O2/c1-17-13-10-14(12-15(11-13)19(20)21)18-8-6-16(7-9-18)4-2-3-5-16/h10-12,17H,2-9H2,1H3. The molecule has 1 heterocycles. The van der Waals surface area contributed by atoms with Crippen molar-refractivity contribution < 1.29 is 4.92 Å². The minimum absolute atomic E-state index is 0.165. The molecule has 0 aromatic heterocycles. The summed E-state index contributed by atoms with van der Waals surface area (Å²) in [6, 6.07) is 5.30. The van der Waals surface area contributed by atoms with Crippen molar-refractivity contribution in [2.45, 2.75) is 38.5 Å². The monoisotopic (exact) mass is 289 g/mol. The zero-order valence-electron chi connectivity index (χ0n) is 12.6. The molecule has 3 rings (SSSR count). The number of nitro groups is 1. The van der Waals surface area contributed by atoms with Gasteiger partial charge in [-0.2, -0.15) is 0 Å². The lowest BCUT2D eigenvalue weighted by Gasteiger charge is -2.40. The Kier molecular flexibility index (Phi) is 3.74. The molecular weight excluding hydrogens is 266 g/mol. The van der Waals surface area contributed by atoms with Crippen LogP contribution in [0.2, 0.25) is 0 Å². The summed E-state index contributed by atoms with van der Waals surface area (Å²) < 4.78 is 0. The predicted octanol–water partition coefficient (Wildman–Crippen LogP) is 3.80. The lowest BCUT2D eigenvalue weighted by molar-refractivity contribution is -0.384. The number of nitro benzene ring substituents is 1. The summed E-state index contributed by atoms with van der Waals surface area (Å²) >= 11 is 0. The molecule has 1 saturated carbocycles. The molecule has 1 aliphatic carbocycles. The third-order valence-electron chi connectivity index (χ3n) is 5.26. The van der Waals surface area contributed by atoms with Gasteiger partial charge in [-0.05, 0) is 37.2 Å². The van der Waals surface area contributed by atoms with Crippen LogP contribution in [0.4, 0.5) is 17.1 Å². The second kappa shape index (κ2) is 5.54. The van der Waals surface area contributed by atoms with Gasteiger partial charge in [-0.15, -0.1) is 0 Å². The molecule has 1 spiro atoms. The molecule has 1 aliphatic heterocycles. The number of hydrogen-bond acceptors (Lipinski definition) is 4. The van der Waals surface area contributed by atoms with Crippen LogP contribution < -0.4 is 10.2 Å². The van der Waals surface area contributed by atoms with Gasteiger partial charge in [0.15, 0.2) is 0 Å². The Labute approximate surface area is 125 Å². The molecule has 21 heavy (non-hydrogen) atoms. The zero-order chi connectivity index (χ0) is 14.9. The SMILES string of the molecule is CNc1cc(N2CCC3(CCCC3)CC2)cc([N+](=O)[O-])c1. The van der Waals surface area contributed by atoms with E-state index in [1.807, 2.05) is 6.07 Å².